The summed E-state index contributed by atoms with van der Waals surface area (Å²) < 4.78 is 0. The molecule has 0 bridgehead atoms. The van der Waals surface area contributed by atoms with E-state index in [1.165, 1.54) is 0 Å². The molecule has 0 aliphatic heterocycles. The predicted octanol–water partition coefficient (Wildman–Crippen LogP) is 1.63. The Morgan fingerprint density at radius 2 is 2.20 bits per heavy atom. The zero-order chi connectivity index (χ0) is 11.3. The molecule has 0 radical (unpaired) electrons. The molecule has 1 rings (SSSR count). The molecule has 0 atom stereocenters. The molecule has 0 saturated carbocycles. The fourth-order valence-electron chi connectivity index (χ4n) is 1.49. The highest BCUT2D eigenvalue weighted by molar-refractivity contribution is 5.94. The van der Waals surface area contributed by atoms with Crippen LogP contribution in [0.25, 0.3) is 0 Å². The van der Waals surface area contributed by atoms with Crippen LogP contribution in [0.4, 0.5) is 0 Å². The Balaban J connectivity index is 2.81. The number of carbonyl (C=O) groups is 1. The molecule has 1 aromatic rings. The number of nitrogens with two attached hydrogens (primary N) is 1. The van der Waals surface area contributed by atoms with Gasteiger partial charge in [-0.2, -0.15) is 0 Å². The standard InChI is InChI=1S/C12H18N2O/c1-3-7-14(2)12(15)11-6-4-5-10(8-11)9-13/h4-6,8H,3,7,9,13H2,1-2H3. The van der Waals surface area contributed by atoms with Gasteiger partial charge in [-0.3, -0.25) is 4.79 Å². The lowest BCUT2D eigenvalue weighted by atomic mass is 10.1. The summed E-state index contributed by atoms with van der Waals surface area (Å²) in [5.41, 5.74) is 7.24. The van der Waals surface area contributed by atoms with Gasteiger partial charge in [-0.15, -0.1) is 0 Å². The second-order valence-corrected chi connectivity index (χ2v) is 3.63. The van der Waals surface area contributed by atoms with Crippen LogP contribution in [0.2, 0.25) is 0 Å². The van der Waals surface area contributed by atoms with E-state index in [1.807, 2.05) is 31.3 Å². The first kappa shape index (κ1) is 11.7. The number of carbonyl (C=O) groups excluding carboxylic acids is 1. The van der Waals surface area contributed by atoms with E-state index < -0.39 is 0 Å². The summed E-state index contributed by atoms with van der Waals surface area (Å²) in [6.45, 7) is 3.31. The molecule has 0 aromatic heterocycles. The molecule has 1 aromatic carbocycles. The Bertz CT molecular complexity index is 336. The van der Waals surface area contributed by atoms with Crippen molar-refractivity contribution in [3.05, 3.63) is 35.4 Å². The van der Waals surface area contributed by atoms with Gasteiger partial charge in [-0.05, 0) is 24.1 Å². The van der Waals surface area contributed by atoms with E-state index in [0.29, 0.717) is 12.1 Å². The molecule has 3 heteroatoms. The lowest BCUT2D eigenvalue weighted by Crippen LogP contribution is -2.27. The third kappa shape index (κ3) is 3.06. The highest BCUT2D eigenvalue weighted by atomic mass is 16.2. The Morgan fingerprint density at radius 1 is 1.47 bits per heavy atom. The SMILES string of the molecule is CCCN(C)C(=O)c1cccc(CN)c1. The fraction of sp³-hybridized carbons (Fsp3) is 0.417. The first-order valence-corrected chi connectivity index (χ1v) is 5.23. The van der Waals surface area contributed by atoms with Crippen molar-refractivity contribution in [3.63, 3.8) is 0 Å². The molecule has 2 N–H and O–H groups in total. The summed E-state index contributed by atoms with van der Waals surface area (Å²) in [5.74, 6) is 0.0622. The summed E-state index contributed by atoms with van der Waals surface area (Å²) in [7, 11) is 1.82. The van der Waals surface area contributed by atoms with E-state index in [2.05, 4.69) is 6.92 Å². The second kappa shape index (κ2) is 5.51. The number of hydrogen-bond acceptors (Lipinski definition) is 2. The fourth-order valence-corrected chi connectivity index (χ4v) is 1.49. The second-order valence-electron chi connectivity index (χ2n) is 3.63. The Labute approximate surface area is 90.9 Å². The predicted molar refractivity (Wildman–Crippen MR) is 61.6 cm³/mol. The summed E-state index contributed by atoms with van der Waals surface area (Å²) in [4.78, 5) is 13.6. The van der Waals surface area contributed by atoms with Crippen molar-refractivity contribution in [2.75, 3.05) is 13.6 Å². The molecule has 1 amide bonds. The topological polar surface area (TPSA) is 46.3 Å². The maximum atomic E-state index is 11.9. The molecule has 15 heavy (non-hydrogen) atoms. The lowest BCUT2D eigenvalue weighted by molar-refractivity contribution is 0.0795. The van der Waals surface area contributed by atoms with E-state index in [-0.39, 0.29) is 5.91 Å². The van der Waals surface area contributed by atoms with Gasteiger partial charge in [0.1, 0.15) is 0 Å². The van der Waals surface area contributed by atoms with Gasteiger partial charge in [0, 0.05) is 25.7 Å². The van der Waals surface area contributed by atoms with Gasteiger partial charge in [-0.1, -0.05) is 19.1 Å². The van der Waals surface area contributed by atoms with E-state index in [4.69, 9.17) is 5.73 Å². The zero-order valence-electron chi connectivity index (χ0n) is 9.36. The van der Waals surface area contributed by atoms with Crippen LogP contribution in [0.15, 0.2) is 24.3 Å². The van der Waals surface area contributed by atoms with Crippen molar-refractivity contribution in [1.29, 1.82) is 0 Å². The summed E-state index contributed by atoms with van der Waals surface area (Å²) in [5, 5.41) is 0. The van der Waals surface area contributed by atoms with E-state index >= 15 is 0 Å². The quantitative estimate of drug-likeness (QED) is 0.813. The van der Waals surface area contributed by atoms with Crippen molar-refractivity contribution in [2.24, 2.45) is 5.73 Å². The highest BCUT2D eigenvalue weighted by Gasteiger charge is 2.10. The average molecular weight is 206 g/mol. The minimum atomic E-state index is 0.0622. The van der Waals surface area contributed by atoms with Crippen LogP contribution in [0, 0.1) is 0 Å². The van der Waals surface area contributed by atoms with Crippen molar-refractivity contribution in [2.45, 2.75) is 19.9 Å². The Hall–Kier alpha value is -1.35. The average Bonchev–Trinajstić information content (AvgIpc) is 2.28. The molecule has 0 spiro atoms. The van der Waals surface area contributed by atoms with Gasteiger partial charge in [0.05, 0.1) is 0 Å². The van der Waals surface area contributed by atoms with Gasteiger partial charge in [0.25, 0.3) is 5.91 Å². The Kier molecular flexibility index (Phi) is 4.31. The van der Waals surface area contributed by atoms with Crippen molar-refractivity contribution in [3.8, 4) is 0 Å². The molecule has 0 unspecified atom stereocenters. The van der Waals surface area contributed by atoms with E-state index in [0.717, 1.165) is 18.5 Å². The van der Waals surface area contributed by atoms with Gasteiger partial charge >= 0.3 is 0 Å². The molecule has 3 nitrogen and oxygen atoms in total. The molecule has 0 aliphatic rings. The third-order valence-corrected chi connectivity index (χ3v) is 2.32. The molecule has 0 saturated heterocycles. The molecule has 0 heterocycles. The first-order valence-electron chi connectivity index (χ1n) is 5.23. The van der Waals surface area contributed by atoms with Crippen molar-refractivity contribution < 1.29 is 4.79 Å². The summed E-state index contributed by atoms with van der Waals surface area (Å²) >= 11 is 0. The molecular formula is C12H18N2O. The maximum absolute atomic E-state index is 11.9. The van der Waals surface area contributed by atoms with Crippen molar-refractivity contribution in [1.82, 2.24) is 4.90 Å². The van der Waals surface area contributed by atoms with Crippen LogP contribution in [0.3, 0.4) is 0 Å². The van der Waals surface area contributed by atoms with Gasteiger partial charge < -0.3 is 10.6 Å². The maximum Gasteiger partial charge on any atom is 0.253 e. The normalized spacial score (nSPS) is 10.1. The summed E-state index contributed by atoms with van der Waals surface area (Å²) in [6.07, 6.45) is 0.971. The monoisotopic (exact) mass is 206 g/mol. The van der Waals surface area contributed by atoms with Crippen LogP contribution in [0.5, 0.6) is 0 Å². The minimum absolute atomic E-state index is 0.0622. The van der Waals surface area contributed by atoms with Gasteiger partial charge in [0.15, 0.2) is 0 Å². The van der Waals surface area contributed by atoms with Gasteiger partial charge in [-0.25, -0.2) is 0 Å². The van der Waals surface area contributed by atoms with E-state index in [9.17, 15) is 4.79 Å². The van der Waals surface area contributed by atoms with Crippen LogP contribution in [-0.2, 0) is 6.54 Å². The molecule has 82 valence electrons. The molecular weight excluding hydrogens is 188 g/mol. The first-order chi connectivity index (χ1) is 7.19. The minimum Gasteiger partial charge on any atom is -0.342 e. The van der Waals surface area contributed by atoms with Gasteiger partial charge in [0.2, 0.25) is 0 Å². The molecule has 0 aliphatic carbocycles. The lowest BCUT2D eigenvalue weighted by Gasteiger charge is -2.16. The third-order valence-electron chi connectivity index (χ3n) is 2.32. The highest BCUT2D eigenvalue weighted by Crippen LogP contribution is 2.07. The number of nitrogens with zero attached hydrogens (tertiary/aromatic N) is 1. The van der Waals surface area contributed by atoms with Crippen molar-refractivity contribution >= 4 is 5.91 Å². The van der Waals surface area contributed by atoms with E-state index in [1.54, 1.807) is 4.90 Å². The zero-order valence-corrected chi connectivity index (χ0v) is 9.36. The smallest absolute Gasteiger partial charge is 0.253 e. The number of rotatable bonds is 4. The van der Waals surface area contributed by atoms with Crippen LogP contribution < -0.4 is 5.73 Å². The number of benzene rings is 1. The van der Waals surface area contributed by atoms with Crippen LogP contribution in [0.1, 0.15) is 29.3 Å². The Morgan fingerprint density at radius 3 is 2.80 bits per heavy atom. The van der Waals surface area contributed by atoms with Crippen LogP contribution in [-0.4, -0.2) is 24.4 Å². The van der Waals surface area contributed by atoms with Crippen LogP contribution >= 0.6 is 0 Å². The largest absolute Gasteiger partial charge is 0.342 e. The number of hydrogen-bond donors (Lipinski definition) is 1. The molecule has 0 fully saturated rings. The number of amides is 1. The summed E-state index contributed by atoms with van der Waals surface area (Å²) in [6, 6.07) is 7.48.